The van der Waals surface area contributed by atoms with Gasteiger partial charge in [0.1, 0.15) is 5.82 Å². The summed E-state index contributed by atoms with van der Waals surface area (Å²) in [4.78, 5) is 0. The molecule has 2 aromatic heterocycles. The Bertz CT molecular complexity index is 516. The zero-order valence-electron chi connectivity index (χ0n) is 9.56. The molecular formula is C12H15ClN4. The third-order valence-electron chi connectivity index (χ3n) is 3.39. The molecule has 0 saturated carbocycles. The number of nitrogens with zero attached hydrogens (tertiary/aromatic N) is 3. The fourth-order valence-electron chi connectivity index (χ4n) is 2.41. The lowest BCUT2D eigenvalue weighted by atomic mass is 9.94. The normalized spacial score (nSPS) is 17.7. The lowest BCUT2D eigenvalue weighted by molar-refractivity contribution is 0.366. The molecule has 5 heteroatoms. The number of pyridine rings is 1. The van der Waals surface area contributed by atoms with Crippen LogP contribution in [0.5, 0.6) is 0 Å². The van der Waals surface area contributed by atoms with Crippen LogP contribution < -0.4 is 5.32 Å². The van der Waals surface area contributed by atoms with E-state index in [1.165, 1.54) is 12.8 Å². The van der Waals surface area contributed by atoms with Gasteiger partial charge in [0.05, 0.1) is 5.02 Å². The Balaban J connectivity index is 1.87. The molecule has 1 N–H and O–H groups in total. The SMILES string of the molecule is Clc1cccn2c(CC3CCNCC3)nnc12. The molecule has 2 aromatic rings. The van der Waals surface area contributed by atoms with E-state index in [1.807, 2.05) is 22.7 Å². The number of piperidine rings is 1. The largest absolute Gasteiger partial charge is 0.317 e. The van der Waals surface area contributed by atoms with Crippen LogP contribution in [0, 0.1) is 5.92 Å². The van der Waals surface area contributed by atoms with Gasteiger partial charge in [-0.05, 0) is 44.0 Å². The van der Waals surface area contributed by atoms with Gasteiger partial charge in [0.25, 0.3) is 0 Å². The molecule has 90 valence electrons. The lowest BCUT2D eigenvalue weighted by Crippen LogP contribution is -2.29. The molecule has 0 bridgehead atoms. The molecule has 3 rings (SSSR count). The summed E-state index contributed by atoms with van der Waals surface area (Å²) in [7, 11) is 0. The Labute approximate surface area is 105 Å². The van der Waals surface area contributed by atoms with Crippen LogP contribution in [0.2, 0.25) is 5.02 Å². The van der Waals surface area contributed by atoms with Crippen molar-refractivity contribution in [1.29, 1.82) is 0 Å². The van der Waals surface area contributed by atoms with Gasteiger partial charge in [0.2, 0.25) is 0 Å². The average molecular weight is 251 g/mol. The molecule has 1 aliphatic heterocycles. The van der Waals surface area contributed by atoms with E-state index in [-0.39, 0.29) is 0 Å². The van der Waals surface area contributed by atoms with Crippen LogP contribution in [-0.2, 0) is 6.42 Å². The minimum atomic E-state index is 0.663. The van der Waals surface area contributed by atoms with Gasteiger partial charge in [0, 0.05) is 12.6 Å². The third kappa shape index (κ3) is 2.15. The van der Waals surface area contributed by atoms with Gasteiger partial charge in [-0.2, -0.15) is 0 Å². The number of nitrogens with one attached hydrogen (secondary N) is 1. The number of halogens is 1. The Morgan fingerprint density at radius 3 is 3.00 bits per heavy atom. The number of rotatable bonds is 2. The molecule has 0 radical (unpaired) electrons. The third-order valence-corrected chi connectivity index (χ3v) is 3.68. The van der Waals surface area contributed by atoms with Crippen molar-refractivity contribution in [2.24, 2.45) is 5.92 Å². The molecule has 17 heavy (non-hydrogen) atoms. The molecule has 0 aliphatic carbocycles. The maximum atomic E-state index is 6.08. The quantitative estimate of drug-likeness (QED) is 0.886. The Morgan fingerprint density at radius 1 is 1.35 bits per heavy atom. The van der Waals surface area contributed by atoms with E-state index in [1.54, 1.807) is 0 Å². The highest BCUT2D eigenvalue weighted by Crippen LogP contribution is 2.20. The second-order valence-corrected chi connectivity index (χ2v) is 4.97. The van der Waals surface area contributed by atoms with Crippen LogP contribution in [0.4, 0.5) is 0 Å². The fourth-order valence-corrected chi connectivity index (χ4v) is 2.62. The van der Waals surface area contributed by atoms with Crippen molar-refractivity contribution in [2.75, 3.05) is 13.1 Å². The topological polar surface area (TPSA) is 42.2 Å². The summed E-state index contributed by atoms with van der Waals surface area (Å²) in [6, 6.07) is 3.78. The van der Waals surface area contributed by atoms with E-state index in [9.17, 15) is 0 Å². The van der Waals surface area contributed by atoms with E-state index in [0.29, 0.717) is 10.9 Å². The van der Waals surface area contributed by atoms with Crippen LogP contribution >= 0.6 is 11.6 Å². The Hall–Kier alpha value is -1.13. The molecule has 0 unspecified atom stereocenters. The maximum absolute atomic E-state index is 6.08. The molecule has 4 nitrogen and oxygen atoms in total. The smallest absolute Gasteiger partial charge is 0.179 e. The summed E-state index contributed by atoms with van der Waals surface area (Å²) in [5.41, 5.74) is 0.762. The Kier molecular flexibility index (Phi) is 2.99. The molecule has 0 spiro atoms. The van der Waals surface area contributed by atoms with Gasteiger partial charge in [-0.3, -0.25) is 4.40 Å². The van der Waals surface area contributed by atoms with Crippen LogP contribution in [0.25, 0.3) is 5.65 Å². The predicted molar refractivity (Wildman–Crippen MR) is 67.3 cm³/mol. The molecular weight excluding hydrogens is 236 g/mol. The highest BCUT2D eigenvalue weighted by atomic mass is 35.5. The molecule has 0 aromatic carbocycles. The van der Waals surface area contributed by atoms with Gasteiger partial charge < -0.3 is 5.32 Å². The first-order valence-corrected chi connectivity index (χ1v) is 6.41. The van der Waals surface area contributed by atoms with Crippen molar-refractivity contribution in [3.8, 4) is 0 Å². The van der Waals surface area contributed by atoms with Gasteiger partial charge in [-0.15, -0.1) is 10.2 Å². The summed E-state index contributed by atoms with van der Waals surface area (Å²) >= 11 is 6.08. The highest BCUT2D eigenvalue weighted by molar-refractivity contribution is 6.33. The zero-order valence-corrected chi connectivity index (χ0v) is 10.3. The van der Waals surface area contributed by atoms with E-state index in [0.717, 1.165) is 31.0 Å². The second-order valence-electron chi connectivity index (χ2n) is 4.56. The number of fused-ring (bicyclic) bond motifs is 1. The van der Waals surface area contributed by atoms with E-state index < -0.39 is 0 Å². The van der Waals surface area contributed by atoms with Crippen LogP contribution in [-0.4, -0.2) is 27.7 Å². The van der Waals surface area contributed by atoms with Crippen molar-refractivity contribution in [1.82, 2.24) is 19.9 Å². The van der Waals surface area contributed by atoms with E-state index in [4.69, 9.17) is 11.6 Å². The zero-order chi connectivity index (χ0) is 11.7. The van der Waals surface area contributed by atoms with Crippen molar-refractivity contribution < 1.29 is 0 Å². The Morgan fingerprint density at radius 2 is 2.18 bits per heavy atom. The fraction of sp³-hybridized carbons (Fsp3) is 0.500. The van der Waals surface area contributed by atoms with Crippen LogP contribution in [0.15, 0.2) is 18.3 Å². The van der Waals surface area contributed by atoms with Crippen molar-refractivity contribution in [2.45, 2.75) is 19.3 Å². The first-order valence-electron chi connectivity index (χ1n) is 6.03. The number of hydrogen-bond acceptors (Lipinski definition) is 3. The standard InChI is InChI=1S/C12H15ClN4/c13-10-2-1-7-17-11(15-16-12(10)17)8-9-3-5-14-6-4-9/h1-2,7,9,14H,3-6,8H2. The first kappa shape index (κ1) is 11.0. The summed E-state index contributed by atoms with van der Waals surface area (Å²) in [5, 5.41) is 12.4. The molecule has 0 atom stereocenters. The van der Waals surface area contributed by atoms with Crippen LogP contribution in [0.1, 0.15) is 18.7 Å². The van der Waals surface area contributed by atoms with E-state index in [2.05, 4.69) is 15.5 Å². The second kappa shape index (κ2) is 4.63. The van der Waals surface area contributed by atoms with Gasteiger partial charge in [0.15, 0.2) is 5.65 Å². The highest BCUT2D eigenvalue weighted by Gasteiger charge is 2.17. The first-order chi connectivity index (χ1) is 8.34. The van der Waals surface area contributed by atoms with Crippen LogP contribution in [0.3, 0.4) is 0 Å². The monoisotopic (exact) mass is 250 g/mol. The molecule has 3 heterocycles. The van der Waals surface area contributed by atoms with Crippen molar-refractivity contribution in [3.05, 3.63) is 29.2 Å². The van der Waals surface area contributed by atoms with Gasteiger partial charge in [-0.1, -0.05) is 11.6 Å². The number of aromatic nitrogens is 3. The maximum Gasteiger partial charge on any atom is 0.179 e. The predicted octanol–water partition coefficient (Wildman–Crippen LogP) is 1.92. The van der Waals surface area contributed by atoms with Crippen molar-refractivity contribution >= 4 is 17.2 Å². The van der Waals surface area contributed by atoms with E-state index >= 15 is 0 Å². The number of hydrogen-bond donors (Lipinski definition) is 1. The lowest BCUT2D eigenvalue weighted by Gasteiger charge is -2.21. The minimum absolute atomic E-state index is 0.663. The average Bonchev–Trinajstić information content (AvgIpc) is 2.76. The minimum Gasteiger partial charge on any atom is -0.317 e. The molecule has 1 fully saturated rings. The summed E-state index contributed by atoms with van der Waals surface area (Å²) < 4.78 is 2.00. The summed E-state index contributed by atoms with van der Waals surface area (Å²) in [5.74, 6) is 1.73. The molecule has 1 aliphatic rings. The summed E-state index contributed by atoms with van der Waals surface area (Å²) in [6.45, 7) is 2.23. The van der Waals surface area contributed by atoms with Gasteiger partial charge >= 0.3 is 0 Å². The summed E-state index contributed by atoms with van der Waals surface area (Å²) in [6.07, 6.45) is 5.41. The van der Waals surface area contributed by atoms with Crippen molar-refractivity contribution in [3.63, 3.8) is 0 Å². The molecule has 0 amide bonds. The van der Waals surface area contributed by atoms with Gasteiger partial charge in [-0.25, -0.2) is 0 Å². The molecule has 1 saturated heterocycles.